The summed E-state index contributed by atoms with van der Waals surface area (Å²) in [7, 11) is 0. The molecule has 0 atom stereocenters. The maximum atomic E-state index is 12.0. The standard InChI is InChI=1S/C13H16N2O3/c1-13(2,3)18-12(17)15-10-7-5-4-6-9(10)14-8-11(15)16/h4-7,14H,8H2,1-3H3. The zero-order valence-electron chi connectivity index (χ0n) is 10.7. The average molecular weight is 248 g/mol. The summed E-state index contributed by atoms with van der Waals surface area (Å²) in [6.45, 7) is 5.40. The predicted octanol–water partition coefficient (Wildman–Crippen LogP) is 2.38. The number of benzene rings is 1. The van der Waals surface area contributed by atoms with E-state index in [1.165, 1.54) is 0 Å². The molecule has 2 rings (SSSR count). The molecule has 0 bridgehead atoms. The van der Waals surface area contributed by atoms with Crippen LogP contribution in [0.1, 0.15) is 20.8 Å². The lowest BCUT2D eigenvalue weighted by atomic mass is 10.2. The van der Waals surface area contributed by atoms with E-state index in [1.54, 1.807) is 32.9 Å². The minimum atomic E-state index is -0.638. The molecule has 1 aliphatic heterocycles. The molecular weight excluding hydrogens is 232 g/mol. The first-order valence-corrected chi connectivity index (χ1v) is 5.77. The number of nitrogens with zero attached hydrogens (tertiary/aromatic N) is 1. The fourth-order valence-corrected chi connectivity index (χ4v) is 1.71. The number of carbonyl (C=O) groups excluding carboxylic acids is 2. The molecule has 0 fully saturated rings. The number of imide groups is 1. The first-order chi connectivity index (χ1) is 8.38. The number of carbonyl (C=O) groups is 2. The lowest BCUT2D eigenvalue weighted by Gasteiger charge is -2.30. The van der Waals surface area contributed by atoms with Crippen LogP contribution in [0.25, 0.3) is 0 Å². The van der Waals surface area contributed by atoms with E-state index in [0.29, 0.717) is 5.69 Å². The minimum Gasteiger partial charge on any atom is -0.443 e. The first-order valence-electron chi connectivity index (χ1n) is 5.77. The van der Waals surface area contributed by atoms with Crippen LogP contribution in [0.4, 0.5) is 16.2 Å². The monoisotopic (exact) mass is 248 g/mol. The van der Waals surface area contributed by atoms with Crippen molar-refractivity contribution in [2.45, 2.75) is 26.4 Å². The molecule has 2 amide bonds. The van der Waals surface area contributed by atoms with E-state index in [9.17, 15) is 9.59 Å². The highest BCUT2D eigenvalue weighted by atomic mass is 16.6. The maximum Gasteiger partial charge on any atom is 0.421 e. The number of ether oxygens (including phenoxy) is 1. The number of hydrogen-bond acceptors (Lipinski definition) is 4. The van der Waals surface area contributed by atoms with Gasteiger partial charge in [0.05, 0.1) is 17.9 Å². The second-order valence-corrected chi connectivity index (χ2v) is 5.08. The van der Waals surface area contributed by atoms with Gasteiger partial charge in [0.15, 0.2) is 0 Å². The largest absolute Gasteiger partial charge is 0.443 e. The molecule has 1 heterocycles. The molecule has 0 unspecified atom stereocenters. The number of anilines is 2. The van der Waals surface area contributed by atoms with Crippen LogP contribution in [-0.4, -0.2) is 24.1 Å². The molecule has 1 aromatic carbocycles. The molecule has 18 heavy (non-hydrogen) atoms. The predicted molar refractivity (Wildman–Crippen MR) is 68.7 cm³/mol. The molecular formula is C13H16N2O3. The number of hydrogen-bond donors (Lipinski definition) is 1. The Bertz CT molecular complexity index is 491. The Hall–Kier alpha value is -2.04. The van der Waals surface area contributed by atoms with Gasteiger partial charge < -0.3 is 10.1 Å². The van der Waals surface area contributed by atoms with Gasteiger partial charge in [0.1, 0.15) is 5.60 Å². The molecule has 1 aromatic rings. The number of para-hydroxylation sites is 2. The molecule has 0 saturated carbocycles. The summed E-state index contributed by atoms with van der Waals surface area (Å²) in [5, 5.41) is 2.96. The quantitative estimate of drug-likeness (QED) is 0.765. The second kappa shape index (κ2) is 4.33. The summed E-state index contributed by atoms with van der Waals surface area (Å²) in [5.41, 5.74) is 0.656. The Labute approximate surface area is 106 Å². The van der Waals surface area contributed by atoms with Gasteiger partial charge in [-0.3, -0.25) is 4.79 Å². The molecule has 96 valence electrons. The van der Waals surface area contributed by atoms with Crippen molar-refractivity contribution in [3.8, 4) is 0 Å². The maximum absolute atomic E-state index is 12.0. The van der Waals surface area contributed by atoms with E-state index in [-0.39, 0.29) is 12.5 Å². The average Bonchev–Trinajstić information content (AvgIpc) is 2.26. The van der Waals surface area contributed by atoms with Crippen LogP contribution in [0.3, 0.4) is 0 Å². The van der Waals surface area contributed by atoms with Crippen molar-refractivity contribution >= 4 is 23.4 Å². The zero-order chi connectivity index (χ0) is 13.3. The van der Waals surface area contributed by atoms with Crippen LogP contribution >= 0.6 is 0 Å². The SMILES string of the molecule is CC(C)(C)OC(=O)N1C(=O)CNc2ccccc21. The van der Waals surface area contributed by atoms with E-state index >= 15 is 0 Å². The third-order valence-corrected chi connectivity index (χ3v) is 2.40. The lowest BCUT2D eigenvalue weighted by molar-refractivity contribution is -0.116. The molecule has 0 aliphatic carbocycles. The zero-order valence-corrected chi connectivity index (χ0v) is 10.7. The van der Waals surface area contributed by atoms with Crippen LogP contribution < -0.4 is 10.2 Å². The van der Waals surface area contributed by atoms with E-state index in [4.69, 9.17) is 4.74 Å². The number of amides is 2. The highest BCUT2D eigenvalue weighted by molar-refractivity contribution is 6.17. The fraction of sp³-hybridized carbons (Fsp3) is 0.385. The van der Waals surface area contributed by atoms with E-state index in [2.05, 4.69) is 5.32 Å². The summed E-state index contributed by atoms with van der Waals surface area (Å²) in [4.78, 5) is 25.0. The van der Waals surface area contributed by atoms with Gasteiger partial charge in [-0.1, -0.05) is 12.1 Å². The van der Waals surface area contributed by atoms with Crippen molar-refractivity contribution in [2.24, 2.45) is 0 Å². The Morgan fingerprint density at radius 2 is 2.00 bits per heavy atom. The minimum absolute atomic E-state index is 0.0935. The van der Waals surface area contributed by atoms with Gasteiger partial charge >= 0.3 is 6.09 Å². The van der Waals surface area contributed by atoms with Crippen LogP contribution in [0.5, 0.6) is 0 Å². The van der Waals surface area contributed by atoms with Crippen molar-refractivity contribution in [3.63, 3.8) is 0 Å². The van der Waals surface area contributed by atoms with Gasteiger partial charge in [0.25, 0.3) is 5.91 Å². The summed E-state index contributed by atoms with van der Waals surface area (Å²) in [5.74, 6) is -0.317. The van der Waals surface area contributed by atoms with Crippen LogP contribution in [0.15, 0.2) is 24.3 Å². The molecule has 1 aliphatic rings. The first kappa shape index (κ1) is 12.4. The van der Waals surface area contributed by atoms with Gasteiger partial charge in [0, 0.05) is 0 Å². The number of fused-ring (bicyclic) bond motifs is 1. The fourth-order valence-electron chi connectivity index (χ4n) is 1.71. The molecule has 5 nitrogen and oxygen atoms in total. The number of nitrogens with one attached hydrogen (secondary N) is 1. The highest BCUT2D eigenvalue weighted by Gasteiger charge is 2.32. The Kier molecular flexibility index (Phi) is 2.98. The van der Waals surface area contributed by atoms with Gasteiger partial charge in [-0.15, -0.1) is 0 Å². The van der Waals surface area contributed by atoms with Gasteiger partial charge in [-0.2, -0.15) is 0 Å². The van der Waals surface area contributed by atoms with Crippen molar-refractivity contribution < 1.29 is 14.3 Å². The Morgan fingerprint density at radius 1 is 1.33 bits per heavy atom. The number of rotatable bonds is 0. The van der Waals surface area contributed by atoms with E-state index in [1.807, 2.05) is 12.1 Å². The van der Waals surface area contributed by atoms with Crippen LogP contribution in [0, 0.1) is 0 Å². The van der Waals surface area contributed by atoms with Crippen molar-refractivity contribution in [2.75, 3.05) is 16.8 Å². The van der Waals surface area contributed by atoms with Gasteiger partial charge in [0.2, 0.25) is 0 Å². The molecule has 0 radical (unpaired) electrons. The van der Waals surface area contributed by atoms with Crippen molar-refractivity contribution in [1.82, 2.24) is 0 Å². The highest BCUT2D eigenvalue weighted by Crippen LogP contribution is 2.30. The third kappa shape index (κ3) is 2.45. The third-order valence-electron chi connectivity index (χ3n) is 2.40. The van der Waals surface area contributed by atoms with Crippen LogP contribution in [0.2, 0.25) is 0 Å². The molecule has 1 N–H and O–H groups in total. The summed E-state index contributed by atoms with van der Waals surface area (Å²) in [6, 6.07) is 7.15. The summed E-state index contributed by atoms with van der Waals surface area (Å²) >= 11 is 0. The summed E-state index contributed by atoms with van der Waals surface area (Å²) in [6.07, 6.45) is -0.638. The molecule has 0 saturated heterocycles. The normalized spacial score (nSPS) is 14.8. The molecule has 0 aromatic heterocycles. The van der Waals surface area contributed by atoms with Crippen LogP contribution in [-0.2, 0) is 9.53 Å². The van der Waals surface area contributed by atoms with Gasteiger partial charge in [-0.05, 0) is 32.9 Å². The lowest BCUT2D eigenvalue weighted by Crippen LogP contribution is -2.46. The van der Waals surface area contributed by atoms with Crippen molar-refractivity contribution in [3.05, 3.63) is 24.3 Å². The summed E-state index contributed by atoms with van der Waals surface area (Å²) < 4.78 is 5.24. The Balaban J connectivity index is 2.32. The smallest absolute Gasteiger partial charge is 0.421 e. The second-order valence-electron chi connectivity index (χ2n) is 5.08. The topological polar surface area (TPSA) is 58.6 Å². The molecule has 5 heteroatoms. The van der Waals surface area contributed by atoms with E-state index in [0.717, 1.165) is 10.6 Å². The van der Waals surface area contributed by atoms with Gasteiger partial charge in [-0.25, -0.2) is 9.69 Å². The Morgan fingerprint density at radius 3 is 2.67 bits per heavy atom. The van der Waals surface area contributed by atoms with Crippen molar-refractivity contribution in [1.29, 1.82) is 0 Å². The molecule has 0 spiro atoms. The van der Waals surface area contributed by atoms with E-state index < -0.39 is 11.7 Å².